The Morgan fingerprint density at radius 3 is 0.891 bits per heavy atom. The lowest BCUT2D eigenvalue weighted by Crippen LogP contribution is -2.30. The Morgan fingerprint density at radius 1 is 0.345 bits per heavy atom. The maximum absolute atomic E-state index is 12.7. The molecular weight excluding hydrogens is 685 g/mol. The van der Waals surface area contributed by atoms with E-state index in [2.05, 4.69) is 34.6 Å². The molecule has 0 amide bonds. The van der Waals surface area contributed by atoms with Gasteiger partial charge in [-0.2, -0.15) is 0 Å². The molecule has 0 aromatic carbocycles. The third kappa shape index (κ3) is 43.4. The highest BCUT2D eigenvalue weighted by Gasteiger charge is 2.19. The largest absolute Gasteiger partial charge is 0.462 e. The zero-order valence-electron chi connectivity index (χ0n) is 37.6. The number of hydrogen-bond acceptors (Lipinski definition) is 6. The quantitative estimate of drug-likeness (QED) is 0.0348. The summed E-state index contributed by atoms with van der Waals surface area (Å²) in [6.07, 6.45) is 40.9. The monoisotopic (exact) mass is 779 g/mol. The molecule has 0 aliphatic carbocycles. The van der Waals surface area contributed by atoms with Crippen molar-refractivity contribution in [2.75, 3.05) is 13.2 Å². The third-order valence-corrected chi connectivity index (χ3v) is 11.0. The highest BCUT2D eigenvalue weighted by molar-refractivity contribution is 5.71. The second-order valence-electron chi connectivity index (χ2n) is 17.7. The molecule has 0 heterocycles. The molecule has 6 nitrogen and oxygen atoms in total. The minimum Gasteiger partial charge on any atom is -0.462 e. The summed E-state index contributed by atoms with van der Waals surface area (Å²) in [4.78, 5) is 37.8. The van der Waals surface area contributed by atoms with Crippen molar-refractivity contribution >= 4 is 17.9 Å². The van der Waals surface area contributed by atoms with Gasteiger partial charge >= 0.3 is 17.9 Å². The lowest BCUT2D eigenvalue weighted by Gasteiger charge is -2.18. The Balaban J connectivity index is 4.32. The number of unbranched alkanes of at least 4 members (excludes halogenated alkanes) is 28. The standard InChI is InChI=1S/C49H94O6/c1-6-7-8-9-10-11-12-13-14-15-18-24-29-34-39-47(50)53-42-46(55-49(52)41-36-31-26-21-20-23-28-33-38-45(4)5)43-54-48(51)40-35-30-25-19-16-17-22-27-32-37-44(2)3/h44-46H,6-43H2,1-5H3/t46-/m0/s1. The number of hydrogen-bond donors (Lipinski definition) is 0. The van der Waals surface area contributed by atoms with E-state index in [0.29, 0.717) is 19.3 Å². The highest BCUT2D eigenvalue weighted by Crippen LogP contribution is 2.17. The van der Waals surface area contributed by atoms with Gasteiger partial charge in [-0.1, -0.05) is 227 Å². The second-order valence-corrected chi connectivity index (χ2v) is 17.7. The molecule has 0 aromatic heterocycles. The van der Waals surface area contributed by atoms with Crippen LogP contribution in [0.2, 0.25) is 0 Å². The molecule has 0 rings (SSSR count). The van der Waals surface area contributed by atoms with Gasteiger partial charge in [-0.25, -0.2) is 0 Å². The van der Waals surface area contributed by atoms with Gasteiger partial charge in [0.25, 0.3) is 0 Å². The summed E-state index contributed by atoms with van der Waals surface area (Å²) >= 11 is 0. The van der Waals surface area contributed by atoms with Crippen LogP contribution in [0.4, 0.5) is 0 Å². The smallest absolute Gasteiger partial charge is 0.306 e. The number of rotatable bonds is 43. The molecular formula is C49H94O6. The molecule has 55 heavy (non-hydrogen) atoms. The van der Waals surface area contributed by atoms with Gasteiger partial charge in [0.1, 0.15) is 13.2 Å². The Kier molecular flexibility index (Phi) is 40.8. The van der Waals surface area contributed by atoms with E-state index < -0.39 is 6.10 Å². The topological polar surface area (TPSA) is 78.9 Å². The van der Waals surface area contributed by atoms with E-state index in [1.165, 1.54) is 154 Å². The highest BCUT2D eigenvalue weighted by atomic mass is 16.6. The third-order valence-electron chi connectivity index (χ3n) is 11.0. The van der Waals surface area contributed by atoms with Gasteiger partial charge in [-0.05, 0) is 31.1 Å². The molecule has 0 bridgehead atoms. The predicted molar refractivity (Wildman–Crippen MR) is 233 cm³/mol. The van der Waals surface area contributed by atoms with E-state index in [9.17, 15) is 14.4 Å². The van der Waals surface area contributed by atoms with Gasteiger partial charge in [0, 0.05) is 19.3 Å². The normalized spacial score (nSPS) is 12.1. The fourth-order valence-corrected chi connectivity index (χ4v) is 7.28. The molecule has 0 unspecified atom stereocenters. The van der Waals surface area contributed by atoms with Crippen molar-refractivity contribution in [3.05, 3.63) is 0 Å². The first-order chi connectivity index (χ1) is 26.7. The molecule has 0 spiro atoms. The fraction of sp³-hybridized carbons (Fsp3) is 0.939. The van der Waals surface area contributed by atoms with E-state index in [0.717, 1.165) is 69.6 Å². The van der Waals surface area contributed by atoms with Gasteiger partial charge in [0.2, 0.25) is 0 Å². The molecule has 0 fully saturated rings. The lowest BCUT2D eigenvalue weighted by molar-refractivity contribution is -0.167. The van der Waals surface area contributed by atoms with Gasteiger partial charge in [-0.15, -0.1) is 0 Å². The predicted octanol–water partition coefficient (Wildman–Crippen LogP) is 15.4. The molecule has 6 heteroatoms. The summed E-state index contributed by atoms with van der Waals surface area (Å²) in [5, 5.41) is 0. The van der Waals surface area contributed by atoms with E-state index in [1.807, 2.05) is 0 Å². The molecule has 0 N–H and O–H groups in total. The van der Waals surface area contributed by atoms with E-state index in [4.69, 9.17) is 14.2 Å². The van der Waals surface area contributed by atoms with Crippen molar-refractivity contribution in [2.45, 2.75) is 272 Å². The Hall–Kier alpha value is -1.59. The maximum atomic E-state index is 12.7. The van der Waals surface area contributed by atoms with Crippen molar-refractivity contribution in [2.24, 2.45) is 11.8 Å². The second kappa shape index (κ2) is 42.0. The zero-order chi connectivity index (χ0) is 40.5. The van der Waals surface area contributed by atoms with Crippen molar-refractivity contribution in [1.29, 1.82) is 0 Å². The van der Waals surface area contributed by atoms with Crippen LogP contribution in [0, 0.1) is 11.8 Å². The summed E-state index contributed by atoms with van der Waals surface area (Å²) in [5.74, 6) is 0.746. The number of esters is 3. The number of carbonyl (C=O) groups is 3. The van der Waals surface area contributed by atoms with Crippen LogP contribution >= 0.6 is 0 Å². The van der Waals surface area contributed by atoms with Gasteiger partial charge in [-0.3, -0.25) is 14.4 Å². The van der Waals surface area contributed by atoms with Crippen LogP contribution in [-0.2, 0) is 28.6 Å². The van der Waals surface area contributed by atoms with Crippen LogP contribution in [-0.4, -0.2) is 37.2 Å². The molecule has 0 saturated carbocycles. The van der Waals surface area contributed by atoms with Gasteiger partial charge in [0.15, 0.2) is 6.10 Å². The lowest BCUT2D eigenvalue weighted by atomic mass is 10.0. The van der Waals surface area contributed by atoms with Crippen LogP contribution in [0.3, 0.4) is 0 Å². The van der Waals surface area contributed by atoms with Gasteiger partial charge in [0.05, 0.1) is 0 Å². The van der Waals surface area contributed by atoms with Crippen LogP contribution in [0.1, 0.15) is 266 Å². The van der Waals surface area contributed by atoms with Crippen molar-refractivity contribution in [3.63, 3.8) is 0 Å². The average Bonchev–Trinajstić information content (AvgIpc) is 3.15. The van der Waals surface area contributed by atoms with Crippen LogP contribution in [0.25, 0.3) is 0 Å². The van der Waals surface area contributed by atoms with E-state index in [-0.39, 0.29) is 31.1 Å². The molecule has 0 aliphatic heterocycles. The van der Waals surface area contributed by atoms with Gasteiger partial charge < -0.3 is 14.2 Å². The van der Waals surface area contributed by atoms with Crippen LogP contribution in [0.15, 0.2) is 0 Å². The van der Waals surface area contributed by atoms with Crippen LogP contribution in [0.5, 0.6) is 0 Å². The Labute approximate surface area is 342 Å². The fourth-order valence-electron chi connectivity index (χ4n) is 7.28. The first-order valence-electron chi connectivity index (χ1n) is 24.2. The van der Waals surface area contributed by atoms with Crippen LogP contribution < -0.4 is 0 Å². The summed E-state index contributed by atoms with van der Waals surface area (Å²) in [5.41, 5.74) is 0. The van der Waals surface area contributed by atoms with Crippen molar-refractivity contribution in [1.82, 2.24) is 0 Å². The average molecular weight is 779 g/mol. The SMILES string of the molecule is CCCCCCCCCCCCCCCCC(=O)OC[C@@H](COC(=O)CCCCCCCCCCCC(C)C)OC(=O)CCCCCCCCCCC(C)C. The number of ether oxygens (including phenoxy) is 3. The number of carbonyl (C=O) groups excluding carboxylic acids is 3. The first-order valence-corrected chi connectivity index (χ1v) is 24.2. The minimum atomic E-state index is -0.761. The van der Waals surface area contributed by atoms with E-state index in [1.54, 1.807) is 0 Å². The molecule has 0 aromatic rings. The molecule has 0 aliphatic rings. The molecule has 1 atom stereocenters. The maximum Gasteiger partial charge on any atom is 0.306 e. The summed E-state index contributed by atoms with van der Waals surface area (Å²) in [6, 6.07) is 0. The summed E-state index contributed by atoms with van der Waals surface area (Å²) in [6.45, 7) is 11.3. The zero-order valence-corrected chi connectivity index (χ0v) is 37.6. The minimum absolute atomic E-state index is 0.0647. The molecule has 326 valence electrons. The Morgan fingerprint density at radius 2 is 0.600 bits per heavy atom. The summed E-state index contributed by atoms with van der Waals surface area (Å²) < 4.78 is 16.8. The van der Waals surface area contributed by atoms with Crippen molar-refractivity contribution in [3.8, 4) is 0 Å². The van der Waals surface area contributed by atoms with Crippen molar-refractivity contribution < 1.29 is 28.6 Å². The van der Waals surface area contributed by atoms with E-state index >= 15 is 0 Å². The molecule has 0 saturated heterocycles. The summed E-state index contributed by atoms with van der Waals surface area (Å²) in [7, 11) is 0. The Bertz CT molecular complexity index is 839. The first kappa shape index (κ1) is 53.4. The molecule has 0 radical (unpaired) electrons.